The summed E-state index contributed by atoms with van der Waals surface area (Å²) in [5, 5.41) is 19.8. The van der Waals surface area contributed by atoms with E-state index in [9.17, 15) is 13.5 Å². The topological polar surface area (TPSA) is 102 Å². The Morgan fingerprint density at radius 2 is 1.46 bits per heavy atom. The number of hydrogen-bond donors (Lipinski definition) is 1. The summed E-state index contributed by atoms with van der Waals surface area (Å²) in [4.78, 5) is -0.234. The van der Waals surface area contributed by atoms with Gasteiger partial charge in [0.1, 0.15) is 0 Å². The van der Waals surface area contributed by atoms with Crippen LogP contribution in [0, 0.1) is 0 Å². The van der Waals surface area contributed by atoms with Crippen LogP contribution in [0.1, 0.15) is 0 Å². The fourth-order valence-electron chi connectivity index (χ4n) is 2.20. The molecule has 3 aromatic carbocycles. The van der Waals surface area contributed by atoms with E-state index in [1.807, 2.05) is 30.3 Å². The molecule has 1 N–H and O–H groups in total. The predicted molar refractivity (Wildman–Crippen MR) is 91.8 cm³/mol. The van der Waals surface area contributed by atoms with E-state index in [-0.39, 0.29) is 45.9 Å². The summed E-state index contributed by atoms with van der Waals surface area (Å²) in [7, 11) is -4.25. The van der Waals surface area contributed by atoms with E-state index >= 15 is 0 Å². The molecule has 0 heterocycles. The molecule has 0 saturated carbocycles. The Kier molecular flexibility index (Phi) is 6.69. The minimum atomic E-state index is -4.25. The maximum Gasteiger partial charge on any atom is 1.00 e. The molecule has 26 heavy (non-hydrogen) atoms. The van der Waals surface area contributed by atoms with Gasteiger partial charge in [0.25, 0.3) is 10.1 Å². The van der Waals surface area contributed by atoms with Gasteiger partial charge in [0, 0.05) is 0 Å². The summed E-state index contributed by atoms with van der Waals surface area (Å²) >= 11 is 0. The molecule has 0 unspecified atom stereocenters. The fraction of sp³-hybridized carbons (Fsp3) is 0. The van der Waals surface area contributed by atoms with Crippen molar-refractivity contribution >= 4 is 21.5 Å². The van der Waals surface area contributed by atoms with Gasteiger partial charge in [-0.3, -0.25) is 4.55 Å². The van der Waals surface area contributed by atoms with Crippen molar-refractivity contribution in [3.63, 3.8) is 0 Å². The molecule has 0 spiro atoms. The van der Waals surface area contributed by atoms with Gasteiger partial charge in [0.15, 0.2) is 0 Å². The molecular weight excluding hydrogens is 363 g/mol. The quantitative estimate of drug-likeness (QED) is 0.418. The molecule has 8 heteroatoms. The van der Waals surface area contributed by atoms with Crippen molar-refractivity contribution in [2.45, 2.75) is 4.90 Å². The van der Waals surface area contributed by atoms with Crippen LogP contribution in [0.5, 0.6) is 5.75 Å². The summed E-state index contributed by atoms with van der Waals surface area (Å²) < 4.78 is 30.9. The van der Waals surface area contributed by atoms with Crippen molar-refractivity contribution in [2.75, 3.05) is 0 Å². The number of rotatable bonds is 4. The molecule has 126 valence electrons. The molecule has 0 radical (unpaired) electrons. The summed E-state index contributed by atoms with van der Waals surface area (Å²) in [6.07, 6.45) is 0. The van der Waals surface area contributed by atoms with Crippen molar-refractivity contribution in [1.82, 2.24) is 0 Å². The van der Waals surface area contributed by atoms with Crippen molar-refractivity contribution in [2.24, 2.45) is 10.2 Å². The molecule has 0 bridgehead atoms. The SMILES string of the molecule is O=S(=O)(O)c1ccc(N=Nc2cc(-c3ccccc3)ccc2[O-])cc1.[Na+]. The second-order valence-corrected chi connectivity index (χ2v) is 6.64. The molecule has 0 aliphatic heterocycles. The van der Waals surface area contributed by atoms with E-state index in [2.05, 4.69) is 10.2 Å². The van der Waals surface area contributed by atoms with Crippen LogP contribution in [-0.4, -0.2) is 13.0 Å². The van der Waals surface area contributed by atoms with E-state index in [1.165, 1.54) is 30.3 Å². The normalized spacial score (nSPS) is 11.3. The third-order valence-corrected chi connectivity index (χ3v) is 4.34. The number of azo groups is 1. The van der Waals surface area contributed by atoms with Crippen LogP contribution in [0.2, 0.25) is 0 Å². The molecule has 3 rings (SSSR count). The minimum absolute atomic E-state index is 0. The van der Waals surface area contributed by atoms with E-state index in [4.69, 9.17) is 4.55 Å². The van der Waals surface area contributed by atoms with Crippen LogP contribution in [0.4, 0.5) is 11.4 Å². The van der Waals surface area contributed by atoms with E-state index < -0.39 is 10.1 Å². The monoisotopic (exact) mass is 376 g/mol. The number of benzene rings is 3. The van der Waals surface area contributed by atoms with Gasteiger partial charge >= 0.3 is 29.6 Å². The summed E-state index contributed by atoms with van der Waals surface area (Å²) in [6.45, 7) is 0. The summed E-state index contributed by atoms with van der Waals surface area (Å²) in [5.74, 6) is -0.266. The van der Waals surface area contributed by atoms with Gasteiger partial charge in [-0.1, -0.05) is 48.2 Å². The van der Waals surface area contributed by atoms with Gasteiger partial charge in [-0.2, -0.15) is 18.6 Å². The standard InChI is InChI=1S/C18H14N2O4S.Na/c21-18-11-6-14(13-4-2-1-3-5-13)12-17(18)20-19-15-7-9-16(10-8-15)25(22,23)24;/h1-12,21H,(H,22,23,24);/q;+1/p-1. The smallest absolute Gasteiger partial charge is 0.871 e. The van der Waals surface area contributed by atoms with Gasteiger partial charge in [-0.25, -0.2) is 0 Å². The van der Waals surface area contributed by atoms with Gasteiger partial charge in [-0.05, 0) is 41.5 Å². The molecule has 0 aliphatic carbocycles. The Hall–Kier alpha value is -2.03. The van der Waals surface area contributed by atoms with Crippen molar-refractivity contribution in [1.29, 1.82) is 0 Å². The van der Waals surface area contributed by atoms with Crippen LogP contribution in [0.25, 0.3) is 11.1 Å². The second-order valence-electron chi connectivity index (χ2n) is 5.22. The Morgan fingerprint density at radius 1 is 0.808 bits per heavy atom. The maximum absolute atomic E-state index is 11.9. The molecule has 0 amide bonds. The van der Waals surface area contributed by atoms with Gasteiger partial charge < -0.3 is 5.11 Å². The first-order valence-corrected chi connectivity index (χ1v) is 8.73. The van der Waals surface area contributed by atoms with Gasteiger partial charge in [-0.15, -0.1) is 0 Å². The average molecular weight is 376 g/mol. The molecular formula is C18H13N2NaO4S. The van der Waals surface area contributed by atoms with E-state index in [0.29, 0.717) is 5.69 Å². The minimum Gasteiger partial charge on any atom is -0.871 e. The number of nitrogens with zero attached hydrogens (tertiary/aromatic N) is 2. The second kappa shape index (κ2) is 8.57. The van der Waals surface area contributed by atoms with Crippen LogP contribution in [-0.2, 0) is 10.1 Å². The first-order chi connectivity index (χ1) is 11.9. The zero-order chi connectivity index (χ0) is 17.9. The molecule has 3 aromatic rings. The van der Waals surface area contributed by atoms with Crippen molar-refractivity contribution in [3.05, 3.63) is 72.8 Å². The Bertz CT molecular complexity index is 1020. The first kappa shape index (κ1) is 20.3. The van der Waals surface area contributed by atoms with Crippen LogP contribution < -0.4 is 34.7 Å². The first-order valence-electron chi connectivity index (χ1n) is 7.29. The van der Waals surface area contributed by atoms with E-state index in [1.54, 1.807) is 12.1 Å². The fourth-order valence-corrected chi connectivity index (χ4v) is 2.68. The zero-order valence-electron chi connectivity index (χ0n) is 13.9. The molecule has 0 fully saturated rings. The van der Waals surface area contributed by atoms with Gasteiger partial charge in [0.2, 0.25) is 0 Å². The van der Waals surface area contributed by atoms with E-state index in [0.717, 1.165) is 11.1 Å². The molecule has 6 nitrogen and oxygen atoms in total. The van der Waals surface area contributed by atoms with Crippen LogP contribution in [0.15, 0.2) is 87.9 Å². The molecule has 0 aromatic heterocycles. The molecule has 0 aliphatic rings. The maximum atomic E-state index is 11.9. The van der Waals surface area contributed by atoms with Crippen LogP contribution in [0.3, 0.4) is 0 Å². The Balaban J connectivity index is 0.00000243. The average Bonchev–Trinajstić information content (AvgIpc) is 2.61. The molecule has 0 saturated heterocycles. The Labute approximate surface area is 173 Å². The summed E-state index contributed by atoms with van der Waals surface area (Å²) in [5.41, 5.74) is 2.34. The van der Waals surface area contributed by atoms with Crippen molar-refractivity contribution < 1.29 is 47.6 Å². The van der Waals surface area contributed by atoms with Crippen LogP contribution >= 0.6 is 0 Å². The van der Waals surface area contributed by atoms with Gasteiger partial charge in [0.05, 0.1) is 16.3 Å². The predicted octanol–water partition coefficient (Wildman–Crippen LogP) is 1.09. The Morgan fingerprint density at radius 3 is 2.08 bits per heavy atom. The summed E-state index contributed by atoms with van der Waals surface area (Å²) in [6, 6.07) is 19.5. The molecule has 0 atom stereocenters. The zero-order valence-corrected chi connectivity index (χ0v) is 16.7. The number of hydrogen-bond acceptors (Lipinski definition) is 5. The van der Waals surface area contributed by atoms with Crippen molar-refractivity contribution in [3.8, 4) is 16.9 Å². The third kappa shape index (κ3) is 5.00. The largest absolute Gasteiger partial charge is 1.00 e. The third-order valence-electron chi connectivity index (χ3n) is 3.47.